The van der Waals surface area contributed by atoms with Crippen molar-refractivity contribution < 1.29 is 148 Å². The molecule has 0 radical (unpaired) electrons. The van der Waals surface area contributed by atoms with Crippen molar-refractivity contribution in [1.82, 2.24) is 0 Å². The molecule has 34 atom stereocenters. The van der Waals surface area contributed by atoms with E-state index in [9.17, 15) is 86.2 Å². The fourth-order valence-electron chi connectivity index (χ4n) is 19.0. The number of ether oxygens (including phenoxy) is 12. The molecule has 5 aliphatic carbocycles. The highest BCUT2D eigenvalue weighted by molar-refractivity contribution is 5.79. The van der Waals surface area contributed by atoms with Crippen LogP contribution in [-0.4, -0.2) is 286 Å². The average Bonchev–Trinajstić information content (AvgIpc) is 0.674. The van der Waals surface area contributed by atoms with Gasteiger partial charge >= 0.3 is 17.9 Å². The summed E-state index contributed by atoms with van der Waals surface area (Å²) in [5.41, 5.74) is -4.94. The standard InChI is InChI=1S/C65H102O30/c1-26-48-49(91-53-45(79)42(76)39(73)31(22-66)87-53)47(81)55(86-26)92-50-38(72)30(69)24-85-56(50)95-58(82)65-16-14-59(2,3)18-28(65)27-10-11-35-62(7)19-29(68)52(60(4,5)34(62)12-13-64(35,9)63(27,8)15-17-65)94-57-51(44(78)40(74)32(23-67)88-57)93-54-46(80)43(77)41(75)33(89-54)25-84-36(70)20-61(6,83)21-37(71)90-48/h10,26,28-35,38-57,66-69,72-81,83H,11-25H2,1-9H3/t26-,28-,29-,30-,31+,32+,33+,34-,35+,38-,39+,40+,41-,42-,43-,44-,45+,46+,47+,48-,49-,50+,51+,52-,53-,54-,55-,56-,57-,61+,62-,63+,64+,65-/m0/s1. The number of carbonyl (C=O) groups is 3. The number of hydrogen-bond donors (Lipinski definition) is 15. The van der Waals surface area contributed by atoms with Crippen LogP contribution in [0, 0.1) is 50.2 Å². The molecule has 30 nitrogen and oxygen atoms in total. The van der Waals surface area contributed by atoms with Crippen molar-refractivity contribution in [3.63, 3.8) is 0 Å². The Labute approximate surface area is 550 Å². The molecule has 0 unspecified atom stereocenters. The van der Waals surface area contributed by atoms with Gasteiger partial charge in [-0.2, -0.15) is 0 Å². The van der Waals surface area contributed by atoms with Crippen molar-refractivity contribution in [2.24, 2.45) is 50.2 Å². The summed E-state index contributed by atoms with van der Waals surface area (Å²) >= 11 is 0. The number of allylic oxidation sites excluding steroid dienone is 2. The topological polar surface area (TPSA) is 465 Å². The van der Waals surface area contributed by atoms with Crippen molar-refractivity contribution in [2.45, 2.75) is 298 Å². The first-order valence-corrected chi connectivity index (χ1v) is 33.6. The molecule has 9 aliphatic heterocycles. The largest absolute Gasteiger partial charge is 0.463 e. The number of hydrogen-bond acceptors (Lipinski definition) is 30. The van der Waals surface area contributed by atoms with Gasteiger partial charge in [-0.25, -0.2) is 0 Å². The van der Waals surface area contributed by atoms with Gasteiger partial charge in [-0.05, 0) is 116 Å². The SMILES string of the molecule is C[C@@H]1O[C@H]2O[C@H]3[C@@H](OC[C@H](O)[C@@H]3O)OC(=O)[C@]34CCC(C)(C)C[C@H]3C3=CC[C@@H]5[C@@]6(C)C[C@H](O)[C@H](O[C@@H]7O[C@H](CO)[C@@H](O)[C@H](O)[C@H]7O[C@@H]7O[C@H](COC(=O)C[C@@](C)(O)CC(=O)O[C@@H]1[C@@H](O[C@@H]1O[C@H](CO)[C@@H](O)[C@H](O)[C@H]1O)[C@H]2O)[C@H](O)[C@H](O)[C@H]7O)C(C)(C)[C@@H]6CC[C@@]5(C)[C@]3(C)CC4. The predicted octanol–water partition coefficient (Wildman–Crippen LogP) is -2.93. The smallest absolute Gasteiger partial charge is 0.315 e. The monoisotopic (exact) mass is 1360 g/mol. The van der Waals surface area contributed by atoms with Crippen LogP contribution in [0.15, 0.2) is 11.6 Å². The molecule has 0 aromatic carbocycles. The van der Waals surface area contributed by atoms with Crippen molar-refractivity contribution in [1.29, 1.82) is 0 Å². The zero-order valence-electron chi connectivity index (χ0n) is 55.3. The van der Waals surface area contributed by atoms with Crippen molar-refractivity contribution >= 4 is 17.9 Å². The quantitative estimate of drug-likeness (QED) is 0.0580. The molecule has 7 saturated heterocycles. The Morgan fingerprint density at radius 2 is 1.17 bits per heavy atom. The van der Waals surface area contributed by atoms with E-state index in [4.69, 9.17) is 56.8 Å². The highest BCUT2D eigenvalue weighted by atomic mass is 16.8. The van der Waals surface area contributed by atoms with Gasteiger partial charge in [0.1, 0.15) is 104 Å². The fraction of sp³-hybridized carbons (Fsp3) is 0.923. The molecule has 0 aromatic rings. The van der Waals surface area contributed by atoms with E-state index in [1.165, 1.54) is 6.92 Å². The summed E-state index contributed by atoms with van der Waals surface area (Å²) in [7, 11) is 0. The van der Waals surface area contributed by atoms with Crippen LogP contribution in [0.4, 0.5) is 0 Å². The number of carbonyl (C=O) groups excluding carboxylic acids is 3. The lowest BCUT2D eigenvalue weighted by Gasteiger charge is -2.71. The van der Waals surface area contributed by atoms with E-state index < -0.39 is 249 Å². The lowest BCUT2D eigenvalue weighted by atomic mass is 9.33. The third-order valence-electron chi connectivity index (χ3n) is 24.6. The second-order valence-electron chi connectivity index (χ2n) is 31.6. The Morgan fingerprint density at radius 1 is 0.547 bits per heavy atom. The fourth-order valence-corrected chi connectivity index (χ4v) is 19.0. The van der Waals surface area contributed by atoms with Crippen LogP contribution in [0.1, 0.15) is 133 Å². The molecule has 0 aromatic heterocycles. The van der Waals surface area contributed by atoms with E-state index in [0.717, 1.165) is 18.9 Å². The van der Waals surface area contributed by atoms with Crippen LogP contribution in [0.2, 0.25) is 0 Å². The summed E-state index contributed by atoms with van der Waals surface area (Å²) < 4.78 is 72.7. The zero-order chi connectivity index (χ0) is 69.4. The first-order valence-electron chi connectivity index (χ1n) is 33.6. The van der Waals surface area contributed by atoms with Gasteiger partial charge in [0.25, 0.3) is 0 Å². The van der Waals surface area contributed by atoms with E-state index in [1.807, 2.05) is 13.8 Å². The first kappa shape index (κ1) is 73.4. The molecule has 95 heavy (non-hydrogen) atoms. The minimum absolute atomic E-state index is 0.0350. The molecule has 4 saturated carbocycles. The van der Waals surface area contributed by atoms with Crippen LogP contribution in [0.3, 0.4) is 0 Å². The Bertz CT molecular complexity index is 2790. The third-order valence-corrected chi connectivity index (χ3v) is 24.6. The zero-order valence-corrected chi connectivity index (χ0v) is 55.3. The van der Waals surface area contributed by atoms with Crippen molar-refractivity contribution in [3.8, 4) is 0 Å². The van der Waals surface area contributed by atoms with Crippen LogP contribution in [0.5, 0.6) is 0 Å². The minimum Gasteiger partial charge on any atom is -0.463 e. The summed E-state index contributed by atoms with van der Waals surface area (Å²) in [5.74, 6) is -3.66. The molecule has 542 valence electrons. The van der Waals surface area contributed by atoms with Gasteiger partial charge in [0.05, 0.1) is 62.0 Å². The molecule has 15 N–H and O–H groups in total. The van der Waals surface area contributed by atoms with Gasteiger partial charge < -0.3 is 133 Å². The molecule has 30 heteroatoms. The Hall–Kier alpha value is -2.81. The maximum Gasteiger partial charge on any atom is 0.315 e. The predicted molar refractivity (Wildman–Crippen MR) is 317 cm³/mol. The van der Waals surface area contributed by atoms with E-state index in [0.29, 0.717) is 44.9 Å². The Balaban J connectivity index is 0.953. The lowest BCUT2D eigenvalue weighted by molar-refractivity contribution is -0.382. The number of esters is 3. The van der Waals surface area contributed by atoms with E-state index in [1.54, 1.807) is 0 Å². The normalized spacial score (nSPS) is 53.8. The van der Waals surface area contributed by atoms with Gasteiger partial charge in [-0.3, -0.25) is 14.4 Å². The Kier molecular flexibility index (Phi) is 20.8. The third kappa shape index (κ3) is 12.9. The van der Waals surface area contributed by atoms with Crippen LogP contribution < -0.4 is 0 Å². The second kappa shape index (κ2) is 26.9. The summed E-state index contributed by atoms with van der Waals surface area (Å²) in [4.78, 5) is 43.2. The second-order valence-corrected chi connectivity index (χ2v) is 31.6. The molecular weight excluding hydrogens is 1260 g/mol. The first-order chi connectivity index (χ1) is 44.4. The molecule has 11 fully saturated rings. The maximum atomic E-state index is 15.6. The van der Waals surface area contributed by atoms with Crippen molar-refractivity contribution in [3.05, 3.63) is 11.6 Å². The van der Waals surface area contributed by atoms with Gasteiger partial charge in [0.15, 0.2) is 37.4 Å². The molecule has 0 amide bonds. The minimum atomic E-state index is -2.32. The molecular formula is C65H102O30. The molecule has 9 heterocycles. The van der Waals surface area contributed by atoms with Crippen LogP contribution in [-0.2, 0) is 71.2 Å². The number of aliphatic hydroxyl groups is 15. The summed E-state index contributed by atoms with van der Waals surface area (Å²) in [6.07, 6.45) is -41.4. The number of rotatable bonds is 4. The summed E-state index contributed by atoms with van der Waals surface area (Å²) in [6.45, 7) is 14.4. The highest BCUT2D eigenvalue weighted by Crippen LogP contribution is 2.76. The Morgan fingerprint density at radius 3 is 1.85 bits per heavy atom. The molecule has 14 aliphatic rings. The van der Waals surface area contributed by atoms with Gasteiger partial charge in [0, 0.05) is 0 Å². The molecule has 1 spiro atoms. The van der Waals surface area contributed by atoms with E-state index >= 15 is 4.79 Å². The lowest BCUT2D eigenvalue weighted by Crippen LogP contribution is -2.69. The van der Waals surface area contributed by atoms with E-state index in [2.05, 4.69) is 40.7 Å². The van der Waals surface area contributed by atoms with Gasteiger partial charge in [-0.15, -0.1) is 0 Å². The van der Waals surface area contributed by atoms with Gasteiger partial charge in [-0.1, -0.05) is 60.1 Å². The van der Waals surface area contributed by atoms with Crippen LogP contribution in [0.25, 0.3) is 0 Å². The summed E-state index contributed by atoms with van der Waals surface area (Å²) in [6, 6.07) is 0. The van der Waals surface area contributed by atoms with E-state index in [-0.39, 0.29) is 29.6 Å². The average molecular weight is 1360 g/mol. The highest BCUT2D eigenvalue weighted by Gasteiger charge is 2.71. The maximum absolute atomic E-state index is 15.6. The van der Waals surface area contributed by atoms with Gasteiger partial charge in [0.2, 0.25) is 6.29 Å². The molecule has 12 bridgehead atoms. The summed E-state index contributed by atoms with van der Waals surface area (Å²) in [5, 5.41) is 169. The number of aliphatic hydroxyl groups excluding tert-OH is 14. The van der Waals surface area contributed by atoms with Crippen molar-refractivity contribution in [2.75, 3.05) is 26.4 Å². The molecule has 14 rings (SSSR count). The van der Waals surface area contributed by atoms with Crippen LogP contribution >= 0.6 is 0 Å².